The molecule has 1 rings (SSSR count). The van der Waals surface area contributed by atoms with Crippen molar-refractivity contribution in [2.24, 2.45) is 5.92 Å². The Balaban J connectivity index is 2.54. The normalized spacial score (nSPS) is 46.5. The van der Waals surface area contributed by atoms with E-state index in [0.29, 0.717) is 14.4 Å². The largest absolute Gasteiger partial charge is 0.274 e. The van der Waals surface area contributed by atoms with Crippen LogP contribution in [0, 0.1) is 5.92 Å². The third-order valence-corrected chi connectivity index (χ3v) is 3.44. The van der Waals surface area contributed by atoms with Gasteiger partial charge in [0, 0.05) is 0 Å². The maximum Gasteiger partial charge on any atom is 0.162 e. The standard InChI is InChI=1S/C6H11OP/c1-5-3-4-6(5,2)8-7/h5H,3-4H2,1-2H3. The van der Waals surface area contributed by atoms with Gasteiger partial charge in [0.05, 0.1) is 5.16 Å². The van der Waals surface area contributed by atoms with E-state index >= 15 is 0 Å². The fraction of sp³-hybridized carbons (Fsp3) is 1.00. The first-order chi connectivity index (χ1) is 3.69. The van der Waals surface area contributed by atoms with E-state index in [9.17, 15) is 4.57 Å². The molecule has 0 bridgehead atoms. The van der Waals surface area contributed by atoms with E-state index in [4.69, 9.17) is 0 Å². The van der Waals surface area contributed by atoms with Gasteiger partial charge in [-0.3, -0.25) is 4.57 Å². The molecule has 0 radical (unpaired) electrons. The van der Waals surface area contributed by atoms with Crippen LogP contribution in [0.1, 0.15) is 26.7 Å². The molecule has 46 valence electrons. The Hall–Kier alpha value is 0.100. The van der Waals surface area contributed by atoms with E-state index < -0.39 is 0 Å². The molecule has 2 heteroatoms. The summed E-state index contributed by atoms with van der Waals surface area (Å²) in [5, 5.41) is 0.139. The van der Waals surface area contributed by atoms with Crippen LogP contribution in [-0.4, -0.2) is 5.16 Å². The summed E-state index contributed by atoms with van der Waals surface area (Å²) in [5.74, 6) is 0.668. The zero-order valence-corrected chi connectivity index (χ0v) is 6.24. The molecule has 0 heterocycles. The average Bonchev–Trinajstić information content (AvgIpc) is 1.83. The van der Waals surface area contributed by atoms with Crippen LogP contribution in [-0.2, 0) is 4.57 Å². The van der Waals surface area contributed by atoms with E-state index in [2.05, 4.69) is 13.8 Å². The van der Waals surface area contributed by atoms with Crippen LogP contribution in [0.25, 0.3) is 0 Å². The second-order valence-corrected chi connectivity index (χ2v) is 4.09. The predicted molar refractivity (Wildman–Crippen MR) is 34.4 cm³/mol. The van der Waals surface area contributed by atoms with Gasteiger partial charge >= 0.3 is 0 Å². The molecule has 0 aliphatic heterocycles. The number of rotatable bonds is 1. The molecule has 1 saturated carbocycles. The topological polar surface area (TPSA) is 17.1 Å². The molecule has 8 heavy (non-hydrogen) atoms. The third-order valence-electron chi connectivity index (χ3n) is 2.35. The molecule has 1 nitrogen and oxygen atoms in total. The molecule has 0 spiro atoms. The van der Waals surface area contributed by atoms with Gasteiger partial charge in [0.25, 0.3) is 0 Å². The Kier molecular flexibility index (Phi) is 1.40. The van der Waals surface area contributed by atoms with Gasteiger partial charge in [0.1, 0.15) is 0 Å². The molecular weight excluding hydrogens is 119 g/mol. The molecule has 0 amide bonds. The Labute approximate surface area is 51.7 Å². The van der Waals surface area contributed by atoms with Crippen molar-refractivity contribution in [2.75, 3.05) is 0 Å². The first-order valence-electron chi connectivity index (χ1n) is 3.03. The highest BCUT2D eigenvalue weighted by Gasteiger charge is 2.40. The molecule has 2 atom stereocenters. The Morgan fingerprint density at radius 2 is 2.38 bits per heavy atom. The summed E-state index contributed by atoms with van der Waals surface area (Å²) in [6, 6.07) is 0. The van der Waals surface area contributed by atoms with Crippen LogP contribution in [0.3, 0.4) is 0 Å². The zero-order chi connectivity index (χ0) is 6.20. The fourth-order valence-corrected chi connectivity index (χ4v) is 1.52. The zero-order valence-electron chi connectivity index (χ0n) is 5.35. The van der Waals surface area contributed by atoms with Gasteiger partial charge in [0.15, 0.2) is 8.46 Å². The fourth-order valence-electron chi connectivity index (χ4n) is 0.986. The van der Waals surface area contributed by atoms with Crippen LogP contribution in [0.15, 0.2) is 0 Å². The van der Waals surface area contributed by atoms with Crippen molar-refractivity contribution in [1.82, 2.24) is 0 Å². The lowest BCUT2D eigenvalue weighted by atomic mass is 9.75. The number of hydrogen-bond donors (Lipinski definition) is 0. The monoisotopic (exact) mass is 130 g/mol. The summed E-state index contributed by atoms with van der Waals surface area (Å²) in [4.78, 5) is 0. The van der Waals surface area contributed by atoms with Crippen LogP contribution < -0.4 is 0 Å². The summed E-state index contributed by atoms with van der Waals surface area (Å²) < 4.78 is 10.4. The van der Waals surface area contributed by atoms with Gasteiger partial charge in [-0.25, -0.2) is 0 Å². The second kappa shape index (κ2) is 1.80. The average molecular weight is 130 g/mol. The van der Waals surface area contributed by atoms with E-state index in [1.165, 1.54) is 6.42 Å². The van der Waals surface area contributed by atoms with E-state index in [1.807, 2.05) is 0 Å². The number of hydrogen-bond acceptors (Lipinski definition) is 1. The summed E-state index contributed by atoms with van der Waals surface area (Å²) in [6.45, 7) is 4.24. The highest BCUT2D eigenvalue weighted by atomic mass is 31.1. The lowest BCUT2D eigenvalue weighted by Crippen LogP contribution is -2.36. The predicted octanol–water partition coefficient (Wildman–Crippen LogP) is 2.47. The minimum absolute atomic E-state index is 0.139. The minimum Gasteiger partial charge on any atom is -0.274 e. The first kappa shape index (κ1) is 6.22. The highest BCUT2D eigenvalue weighted by Crippen LogP contribution is 2.47. The van der Waals surface area contributed by atoms with Gasteiger partial charge in [0.2, 0.25) is 0 Å². The molecule has 0 saturated heterocycles. The summed E-state index contributed by atoms with van der Waals surface area (Å²) >= 11 is 0. The summed E-state index contributed by atoms with van der Waals surface area (Å²) in [5.41, 5.74) is 0. The van der Waals surface area contributed by atoms with Crippen molar-refractivity contribution in [1.29, 1.82) is 0 Å². The molecular formula is C6H11OP. The Morgan fingerprint density at radius 1 is 1.75 bits per heavy atom. The first-order valence-corrected chi connectivity index (χ1v) is 3.85. The second-order valence-electron chi connectivity index (χ2n) is 2.89. The quantitative estimate of drug-likeness (QED) is 0.498. The van der Waals surface area contributed by atoms with Crippen molar-refractivity contribution < 1.29 is 4.57 Å². The molecule has 2 unspecified atom stereocenters. The molecule has 1 aliphatic rings. The van der Waals surface area contributed by atoms with Crippen molar-refractivity contribution in [3.63, 3.8) is 0 Å². The van der Waals surface area contributed by atoms with E-state index in [-0.39, 0.29) is 5.16 Å². The SMILES string of the molecule is CC1CCC1(C)P=O. The Morgan fingerprint density at radius 3 is 2.38 bits per heavy atom. The van der Waals surface area contributed by atoms with Gasteiger partial charge in [-0.2, -0.15) is 0 Å². The Bertz CT molecular complexity index is 113. The van der Waals surface area contributed by atoms with Crippen LogP contribution in [0.2, 0.25) is 0 Å². The molecule has 0 aromatic carbocycles. The maximum absolute atomic E-state index is 10.4. The maximum atomic E-state index is 10.4. The van der Waals surface area contributed by atoms with Crippen LogP contribution in [0.4, 0.5) is 0 Å². The van der Waals surface area contributed by atoms with Crippen LogP contribution in [0.5, 0.6) is 0 Å². The van der Waals surface area contributed by atoms with Crippen molar-refractivity contribution in [3.05, 3.63) is 0 Å². The minimum atomic E-state index is 0.139. The lowest BCUT2D eigenvalue weighted by molar-refractivity contribution is 0.250. The van der Waals surface area contributed by atoms with Crippen LogP contribution >= 0.6 is 8.46 Å². The van der Waals surface area contributed by atoms with Gasteiger partial charge in [-0.1, -0.05) is 6.92 Å². The molecule has 1 fully saturated rings. The van der Waals surface area contributed by atoms with E-state index in [0.717, 1.165) is 6.42 Å². The van der Waals surface area contributed by atoms with Gasteiger partial charge in [-0.15, -0.1) is 0 Å². The lowest BCUT2D eigenvalue weighted by Gasteiger charge is -2.39. The van der Waals surface area contributed by atoms with Gasteiger partial charge < -0.3 is 0 Å². The van der Waals surface area contributed by atoms with Crippen molar-refractivity contribution >= 4 is 8.46 Å². The molecule has 0 aromatic heterocycles. The van der Waals surface area contributed by atoms with Gasteiger partial charge in [-0.05, 0) is 25.7 Å². The molecule has 1 aliphatic carbocycles. The summed E-state index contributed by atoms with van der Waals surface area (Å²) in [6.07, 6.45) is 2.39. The van der Waals surface area contributed by atoms with E-state index in [1.54, 1.807) is 0 Å². The smallest absolute Gasteiger partial charge is 0.162 e. The molecule has 0 N–H and O–H groups in total. The summed E-state index contributed by atoms with van der Waals surface area (Å²) in [7, 11) is 0.337. The highest BCUT2D eigenvalue weighted by molar-refractivity contribution is 7.26. The third kappa shape index (κ3) is 0.696. The molecule has 0 aromatic rings. The van der Waals surface area contributed by atoms with Crippen molar-refractivity contribution in [2.45, 2.75) is 31.8 Å². The van der Waals surface area contributed by atoms with Crippen molar-refractivity contribution in [3.8, 4) is 0 Å².